The lowest BCUT2D eigenvalue weighted by Gasteiger charge is -2.41. The Labute approximate surface area is 156 Å². The van der Waals surface area contributed by atoms with Crippen molar-refractivity contribution in [2.45, 2.75) is 96.9 Å². The number of rotatable bonds is 14. The minimum atomic E-state index is -2.31. The van der Waals surface area contributed by atoms with Crippen molar-refractivity contribution in [3.8, 4) is 0 Å². The maximum absolute atomic E-state index is 12.7. The minimum Gasteiger partial charge on any atom is -0.393 e. The first kappa shape index (κ1) is 25.0. The third-order valence-corrected chi connectivity index (χ3v) is 4.99. The Bertz CT molecular complexity index is 422. The molecule has 2 atom stereocenters. The van der Waals surface area contributed by atoms with Gasteiger partial charge in [-0.1, -0.05) is 59.3 Å². The van der Waals surface area contributed by atoms with Crippen LogP contribution < -0.4 is 0 Å². The van der Waals surface area contributed by atoms with Crippen molar-refractivity contribution in [3.05, 3.63) is 0 Å². The number of unbranched alkanes of at least 4 members (excludes halogenated alkanes) is 5. The van der Waals surface area contributed by atoms with E-state index in [9.17, 15) is 24.9 Å². The number of carbonyl (C=O) groups excluding carboxylic acids is 2. The summed E-state index contributed by atoms with van der Waals surface area (Å²) in [5, 5.41) is 39.6. The predicted octanol–water partition coefficient (Wildman–Crippen LogP) is 2.04. The Morgan fingerprint density at radius 1 is 0.923 bits per heavy atom. The van der Waals surface area contributed by atoms with E-state index in [0.29, 0.717) is 12.8 Å². The third-order valence-electron chi connectivity index (χ3n) is 4.99. The van der Waals surface area contributed by atoms with Crippen LogP contribution >= 0.6 is 0 Å². The molecule has 0 aromatic carbocycles. The molecule has 0 heterocycles. The van der Waals surface area contributed by atoms with Crippen LogP contribution in [-0.2, 0) is 14.3 Å². The number of carbonyl (C=O) groups is 2. The predicted molar refractivity (Wildman–Crippen MR) is 97.0 cm³/mol. The van der Waals surface area contributed by atoms with Crippen LogP contribution in [0.1, 0.15) is 85.0 Å². The molecule has 0 spiro atoms. The minimum absolute atomic E-state index is 0.00565. The Morgan fingerprint density at radius 3 is 1.96 bits per heavy atom. The van der Waals surface area contributed by atoms with Crippen LogP contribution in [0.5, 0.6) is 0 Å². The second-order valence-corrected chi connectivity index (χ2v) is 6.93. The largest absolute Gasteiger partial charge is 0.393 e. The van der Waals surface area contributed by atoms with Gasteiger partial charge in [-0.05, 0) is 19.3 Å². The lowest BCUT2D eigenvalue weighted by atomic mass is 9.71. The summed E-state index contributed by atoms with van der Waals surface area (Å²) in [6.07, 6.45) is 3.97. The zero-order chi connectivity index (χ0) is 20.2. The highest BCUT2D eigenvalue weighted by molar-refractivity contribution is 5.91. The van der Waals surface area contributed by atoms with Crippen LogP contribution in [0.2, 0.25) is 0 Å². The summed E-state index contributed by atoms with van der Waals surface area (Å²) in [6.45, 7) is 4.80. The molecule has 0 rings (SSSR count). The van der Waals surface area contributed by atoms with Gasteiger partial charge in [0.15, 0.2) is 11.9 Å². The molecular weight excluding hydrogens is 340 g/mol. The van der Waals surface area contributed by atoms with E-state index in [1.807, 2.05) is 13.8 Å². The van der Waals surface area contributed by atoms with Gasteiger partial charge < -0.3 is 25.2 Å². The number of aliphatic hydroxyl groups is 4. The van der Waals surface area contributed by atoms with Crippen molar-refractivity contribution in [2.75, 3.05) is 6.61 Å². The van der Waals surface area contributed by atoms with E-state index in [-0.39, 0.29) is 19.3 Å². The molecule has 0 bridgehead atoms. The lowest BCUT2D eigenvalue weighted by molar-refractivity contribution is -0.255. The molecule has 0 aliphatic rings. The van der Waals surface area contributed by atoms with Gasteiger partial charge in [-0.3, -0.25) is 4.79 Å². The number of aliphatic hydroxyl groups excluding tert-OH is 2. The van der Waals surface area contributed by atoms with Gasteiger partial charge in [0.25, 0.3) is 0 Å². The Balaban J connectivity index is 5.45. The summed E-state index contributed by atoms with van der Waals surface area (Å²) in [5.41, 5.74) is -1.65. The highest BCUT2D eigenvalue weighted by Gasteiger charge is 2.55. The van der Waals surface area contributed by atoms with Crippen LogP contribution in [0.15, 0.2) is 0 Å². The van der Waals surface area contributed by atoms with Crippen molar-refractivity contribution < 1.29 is 34.8 Å². The molecule has 0 aliphatic carbocycles. The van der Waals surface area contributed by atoms with E-state index in [1.165, 1.54) is 0 Å². The summed E-state index contributed by atoms with van der Waals surface area (Å²) < 4.78 is 4.70. The SMILES string of the molecule is CCCCCCC(CC)(C(=O)OC(=O)C(O)CO)C(O)(O)CCCCC. The molecule has 0 fully saturated rings. The Kier molecular flexibility index (Phi) is 11.9. The summed E-state index contributed by atoms with van der Waals surface area (Å²) in [5.74, 6) is -4.66. The van der Waals surface area contributed by atoms with Gasteiger partial charge in [-0.25, -0.2) is 4.79 Å². The number of esters is 2. The van der Waals surface area contributed by atoms with Crippen molar-refractivity contribution in [1.29, 1.82) is 0 Å². The fourth-order valence-electron chi connectivity index (χ4n) is 3.12. The quantitative estimate of drug-likeness (QED) is 0.158. The van der Waals surface area contributed by atoms with Gasteiger partial charge in [0.1, 0.15) is 5.41 Å². The van der Waals surface area contributed by atoms with Gasteiger partial charge in [0.2, 0.25) is 0 Å². The van der Waals surface area contributed by atoms with Crippen LogP contribution in [0, 0.1) is 5.41 Å². The van der Waals surface area contributed by atoms with Crippen LogP contribution in [0.25, 0.3) is 0 Å². The molecule has 4 N–H and O–H groups in total. The Morgan fingerprint density at radius 2 is 1.46 bits per heavy atom. The van der Waals surface area contributed by atoms with Crippen molar-refractivity contribution >= 4 is 11.9 Å². The average molecular weight is 376 g/mol. The first-order chi connectivity index (χ1) is 12.2. The zero-order valence-electron chi connectivity index (χ0n) is 16.4. The van der Waals surface area contributed by atoms with E-state index < -0.39 is 35.9 Å². The van der Waals surface area contributed by atoms with E-state index in [1.54, 1.807) is 6.92 Å². The van der Waals surface area contributed by atoms with Gasteiger partial charge in [-0.15, -0.1) is 0 Å². The van der Waals surface area contributed by atoms with Crippen molar-refractivity contribution in [3.63, 3.8) is 0 Å². The van der Waals surface area contributed by atoms with E-state index >= 15 is 0 Å². The molecule has 0 aromatic heterocycles. The molecule has 0 saturated heterocycles. The molecule has 0 saturated carbocycles. The fraction of sp³-hybridized carbons (Fsp3) is 0.895. The first-order valence-electron chi connectivity index (χ1n) is 9.72. The van der Waals surface area contributed by atoms with E-state index in [0.717, 1.165) is 32.1 Å². The van der Waals surface area contributed by atoms with Gasteiger partial charge >= 0.3 is 11.9 Å². The smallest absolute Gasteiger partial charge is 0.345 e. The maximum atomic E-state index is 12.7. The molecule has 0 aliphatic heterocycles. The highest BCUT2D eigenvalue weighted by atomic mass is 16.6. The van der Waals surface area contributed by atoms with Crippen LogP contribution in [-0.4, -0.2) is 50.9 Å². The number of hydrogen-bond acceptors (Lipinski definition) is 7. The maximum Gasteiger partial charge on any atom is 0.345 e. The van der Waals surface area contributed by atoms with Crippen LogP contribution in [0.3, 0.4) is 0 Å². The van der Waals surface area contributed by atoms with Crippen molar-refractivity contribution in [1.82, 2.24) is 0 Å². The molecule has 26 heavy (non-hydrogen) atoms. The van der Waals surface area contributed by atoms with Gasteiger partial charge in [0.05, 0.1) is 6.61 Å². The molecule has 2 unspecified atom stereocenters. The molecule has 7 heteroatoms. The number of hydrogen-bond donors (Lipinski definition) is 4. The normalized spacial score (nSPS) is 15.3. The third kappa shape index (κ3) is 6.95. The molecule has 7 nitrogen and oxygen atoms in total. The lowest BCUT2D eigenvalue weighted by Crippen LogP contribution is -2.54. The topological polar surface area (TPSA) is 124 Å². The second-order valence-electron chi connectivity index (χ2n) is 6.93. The first-order valence-corrected chi connectivity index (χ1v) is 9.72. The summed E-state index contributed by atoms with van der Waals surface area (Å²) in [7, 11) is 0. The molecule has 0 radical (unpaired) electrons. The van der Waals surface area contributed by atoms with Gasteiger partial charge in [0, 0.05) is 6.42 Å². The second kappa shape index (κ2) is 12.4. The summed E-state index contributed by atoms with van der Waals surface area (Å²) >= 11 is 0. The molecule has 154 valence electrons. The average Bonchev–Trinajstić information content (AvgIpc) is 2.60. The molecule has 0 aromatic rings. The Hall–Kier alpha value is -1.02. The standard InChI is InChI=1S/C19H36O7/c1-4-7-9-11-12-18(6-3,19(24,25)13-10-8-5-2)17(23)26-16(22)15(21)14-20/h15,20-21,24-25H,4-14H2,1-3H3. The summed E-state index contributed by atoms with van der Waals surface area (Å²) in [4.78, 5) is 24.4. The fourth-order valence-corrected chi connectivity index (χ4v) is 3.12. The zero-order valence-corrected chi connectivity index (χ0v) is 16.4. The number of ether oxygens (including phenoxy) is 1. The van der Waals surface area contributed by atoms with Crippen LogP contribution in [0.4, 0.5) is 0 Å². The van der Waals surface area contributed by atoms with E-state index in [2.05, 4.69) is 0 Å². The monoisotopic (exact) mass is 376 g/mol. The van der Waals surface area contributed by atoms with E-state index in [4.69, 9.17) is 9.84 Å². The van der Waals surface area contributed by atoms with Crippen molar-refractivity contribution in [2.24, 2.45) is 5.41 Å². The molecular formula is C19H36O7. The van der Waals surface area contributed by atoms with Gasteiger partial charge in [-0.2, -0.15) is 0 Å². The summed E-state index contributed by atoms with van der Waals surface area (Å²) in [6, 6.07) is 0. The molecule has 0 amide bonds. The highest BCUT2D eigenvalue weighted by Crippen LogP contribution is 2.43.